The Hall–Kier alpha value is -3.32. The van der Waals surface area contributed by atoms with Crippen LogP contribution in [0, 0.1) is 12.8 Å². The van der Waals surface area contributed by atoms with E-state index in [1.54, 1.807) is 18.9 Å². The summed E-state index contributed by atoms with van der Waals surface area (Å²) in [5.74, 6) is 2.32. The Kier molecular flexibility index (Phi) is 6.75. The van der Waals surface area contributed by atoms with Gasteiger partial charge in [0.25, 0.3) is 0 Å². The molecule has 7 heteroatoms. The maximum atomic E-state index is 12.9. The van der Waals surface area contributed by atoms with Gasteiger partial charge in [-0.2, -0.15) is 5.10 Å². The van der Waals surface area contributed by atoms with Crippen molar-refractivity contribution in [2.45, 2.75) is 26.3 Å². The molecule has 0 N–H and O–H groups in total. The van der Waals surface area contributed by atoms with Gasteiger partial charge in [0.15, 0.2) is 0 Å². The molecule has 1 heterocycles. The molecule has 1 fully saturated rings. The summed E-state index contributed by atoms with van der Waals surface area (Å²) >= 11 is 0. The molecule has 2 aromatic carbocycles. The van der Waals surface area contributed by atoms with Crippen molar-refractivity contribution in [3.63, 3.8) is 0 Å². The standard InChI is InChI=1S/C25H29N3O4/c1-18-23(17-27(15-16-30-2)24(29)19-9-10-19)25(28(26-18)20-7-5-4-6-8-20)32-22-13-11-21(31-3)12-14-22/h4-8,11-14,19H,9-10,15-17H2,1-3H3. The number of methoxy groups -OCH3 is 2. The van der Waals surface area contributed by atoms with Gasteiger partial charge < -0.3 is 19.1 Å². The van der Waals surface area contributed by atoms with Crippen molar-refractivity contribution in [3.8, 4) is 23.1 Å². The molecule has 0 aliphatic heterocycles. The third-order valence-electron chi connectivity index (χ3n) is 5.56. The Labute approximate surface area is 188 Å². The van der Waals surface area contributed by atoms with Gasteiger partial charge in [0.05, 0.1) is 37.2 Å². The predicted octanol–water partition coefficient (Wildman–Crippen LogP) is 4.37. The lowest BCUT2D eigenvalue weighted by Gasteiger charge is -2.23. The number of aryl methyl sites for hydroxylation is 1. The summed E-state index contributed by atoms with van der Waals surface area (Å²) in [6, 6.07) is 17.3. The van der Waals surface area contributed by atoms with Crippen LogP contribution >= 0.6 is 0 Å². The monoisotopic (exact) mass is 435 g/mol. The zero-order chi connectivity index (χ0) is 22.5. The first-order valence-electron chi connectivity index (χ1n) is 10.8. The maximum absolute atomic E-state index is 12.9. The summed E-state index contributed by atoms with van der Waals surface area (Å²) in [5.41, 5.74) is 2.60. The maximum Gasteiger partial charge on any atom is 0.227 e. The van der Waals surface area contributed by atoms with Gasteiger partial charge in [0.1, 0.15) is 11.5 Å². The third kappa shape index (κ3) is 4.94. The Bertz CT molecular complexity index is 1040. The van der Waals surface area contributed by atoms with Gasteiger partial charge in [-0.15, -0.1) is 0 Å². The Morgan fingerprint density at radius 1 is 1.06 bits per heavy atom. The molecule has 0 radical (unpaired) electrons. The van der Waals surface area contributed by atoms with Crippen molar-refractivity contribution < 1.29 is 19.0 Å². The van der Waals surface area contributed by atoms with Crippen LogP contribution in [-0.4, -0.2) is 48.0 Å². The molecular weight excluding hydrogens is 406 g/mol. The normalized spacial score (nSPS) is 13.1. The summed E-state index contributed by atoms with van der Waals surface area (Å²) in [4.78, 5) is 14.8. The van der Waals surface area contributed by atoms with E-state index in [0.29, 0.717) is 31.3 Å². The first kappa shape index (κ1) is 21.9. The summed E-state index contributed by atoms with van der Waals surface area (Å²) < 4.78 is 18.7. The molecule has 7 nitrogen and oxygen atoms in total. The van der Waals surface area contributed by atoms with Crippen molar-refractivity contribution in [2.75, 3.05) is 27.4 Å². The van der Waals surface area contributed by atoms with E-state index in [1.807, 2.05) is 66.4 Å². The molecule has 1 aliphatic rings. The molecule has 1 aromatic heterocycles. The second-order valence-electron chi connectivity index (χ2n) is 7.92. The fourth-order valence-electron chi connectivity index (χ4n) is 3.57. The summed E-state index contributed by atoms with van der Waals surface area (Å²) in [6.07, 6.45) is 1.92. The van der Waals surface area contributed by atoms with Crippen LogP contribution in [0.3, 0.4) is 0 Å². The summed E-state index contributed by atoms with van der Waals surface area (Å²) in [7, 11) is 3.28. The van der Waals surface area contributed by atoms with Crippen molar-refractivity contribution >= 4 is 5.91 Å². The van der Waals surface area contributed by atoms with Crippen LogP contribution in [0.2, 0.25) is 0 Å². The van der Waals surface area contributed by atoms with Gasteiger partial charge in [-0.05, 0) is 56.2 Å². The lowest BCUT2D eigenvalue weighted by atomic mass is 10.2. The molecule has 4 rings (SSSR count). The van der Waals surface area contributed by atoms with Crippen LogP contribution in [0.4, 0.5) is 0 Å². The lowest BCUT2D eigenvalue weighted by molar-refractivity contribution is -0.133. The number of hydrogen-bond donors (Lipinski definition) is 0. The zero-order valence-electron chi connectivity index (χ0n) is 18.8. The molecule has 0 atom stereocenters. The lowest BCUT2D eigenvalue weighted by Crippen LogP contribution is -2.34. The number of hydrogen-bond acceptors (Lipinski definition) is 5. The number of carbonyl (C=O) groups excluding carboxylic acids is 1. The highest BCUT2D eigenvalue weighted by Gasteiger charge is 2.34. The van der Waals surface area contributed by atoms with Gasteiger partial charge in [0, 0.05) is 19.6 Å². The van der Waals surface area contributed by atoms with Crippen LogP contribution in [0.15, 0.2) is 54.6 Å². The number of ether oxygens (including phenoxy) is 3. The number of para-hydroxylation sites is 1. The number of nitrogens with zero attached hydrogens (tertiary/aromatic N) is 3. The van der Waals surface area contributed by atoms with Crippen molar-refractivity contribution in [3.05, 3.63) is 65.9 Å². The van der Waals surface area contributed by atoms with Gasteiger partial charge >= 0.3 is 0 Å². The van der Waals surface area contributed by atoms with Gasteiger partial charge in [-0.25, -0.2) is 4.68 Å². The fraction of sp³-hybridized carbons (Fsp3) is 0.360. The summed E-state index contributed by atoms with van der Waals surface area (Å²) in [6.45, 7) is 3.39. The minimum atomic E-state index is 0.127. The average molecular weight is 436 g/mol. The van der Waals surface area contributed by atoms with Crippen LogP contribution < -0.4 is 9.47 Å². The van der Waals surface area contributed by atoms with E-state index in [0.717, 1.165) is 35.5 Å². The number of carbonyl (C=O) groups is 1. The minimum Gasteiger partial charge on any atom is -0.497 e. The number of rotatable bonds is 10. The predicted molar refractivity (Wildman–Crippen MR) is 121 cm³/mol. The third-order valence-corrected chi connectivity index (χ3v) is 5.56. The SMILES string of the molecule is COCCN(Cc1c(C)nn(-c2ccccc2)c1Oc1ccc(OC)cc1)C(=O)C1CC1. The molecule has 1 saturated carbocycles. The number of benzene rings is 2. The van der Waals surface area contributed by atoms with Crippen LogP contribution in [0.5, 0.6) is 17.4 Å². The van der Waals surface area contributed by atoms with Crippen LogP contribution in [0.25, 0.3) is 5.69 Å². The van der Waals surface area contributed by atoms with Crippen LogP contribution in [0.1, 0.15) is 24.1 Å². The van der Waals surface area contributed by atoms with E-state index in [4.69, 9.17) is 19.3 Å². The number of aromatic nitrogens is 2. The van der Waals surface area contributed by atoms with E-state index in [2.05, 4.69) is 0 Å². The molecule has 3 aromatic rings. The molecule has 32 heavy (non-hydrogen) atoms. The Morgan fingerprint density at radius 2 is 1.75 bits per heavy atom. The minimum absolute atomic E-state index is 0.127. The molecular formula is C25H29N3O4. The zero-order valence-corrected chi connectivity index (χ0v) is 18.8. The van der Waals surface area contributed by atoms with E-state index < -0.39 is 0 Å². The molecule has 0 spiro atoms. The van der Waals surface area contributed by atoms with Crippen LogP contribution in [-0.2, 0) is 16.1 Å². The second kappa shape index (κ2) is 9.87. The fourth-order valence-corrected chi connectivity index (χ4v) is 3.57. The Morgan fingerprint density at radius 3 is 2.38 bits per heavy atom. The first-order valence-corrected chi connectivity index (χ1v) is 10.8. The van der Waals surface area contributed by atoms with E-state index in [-0.39, 0.29) is 11.8 Å². The van der Waals surface area contributed by atoms with E-state index in [9.17, 15) is 4.79 Å². The van der Waals surface area contributed by atoms with E-state index >= 15 is 0 Å². The summed E-state index contributed by atoms with van der Waals surface area (Å²) in [5, 5.41) is 4.76. The highest BCUT2D eigenvalue weighted by molar-refractivity contribution is 5.81. The topological polar surface area (TPSA) is 65.8 Å². The Balaban J connectivity index is 1.71. The van der Waals surface area contributed by atoms with Crippen molar-refractivity contribution in [1.29, 1.82) is 0 Å². The van der Waals surface area contributed by atoms with Crippen molar-refractivity contribution in [1.82, 2.24) is 14.7 Å². The average Bonchev–Trinajstić information content (AvgIpc) is 3.63. The number of amides is 1. The molecule has 1 amide bonds. The highest BCUT2D eigenvalue weighted by Crippen LogP contribution is 2.35. The quantitative estimate of drug-likeness (QED) is 0.473. The highest BCUT2D eigenvalue weighted by atomic mass is 16.5. The van der Waals surface area contributed by atoms with Gasteiger partial charge in [0.2, 0.25) is 11.8 Å². The second-order valence-corrected chi connectivity index (χ2v) is 7.92. The molecule has 168 valence electrons. The largest absolute Gasteiger partial charge is 0.497 e. The van der Waals surface area contributed by atoms with E-state index in [1.165, 1.54) is 0 Å². The molecule has 0 unspecified atom stereocenters. The molecule has 1 aliphatic carbocycles. The van der Waals surface area contributed by atoms with Crippen molar-refractivity contribution in [2.24, 2.45) is 5.92 Å². The smallest absolute Gasteiger partial charge is 0.227 e. The molecule has 0 bridgehead atoms. The van der Waals surface area contributed by atoms with Gasteiger partial charge in [-0.1, -0.05) is 18.2 Å². The molecule has 0 saturated heterocycles. The first-order chi connectivity index (χ1) is 15.6. The van der Waals surface area contributed by atoms with Gasteiger partial charge in [-0.3, -0.25) is 4.79 Å².